The van der Waals surface area contributed by atoms with Crippen LogP contribution in [0.25, 0.3) is 0 Å². The predicted octanol–water partition coefficient (Wildman–Crippen LogP) is 2.26. The zero-order valence-electron chi connectivity index (χ0n) is 13.1. The number of rotatable bonds is 5. The summed E-state index contributed by atoms with van der Waals surface area (Å²) in [7, 11) is 0. The number of nitrogens with two attached hydrogens (primary N) is 2. The van der Waals surface area contributed by atoms with E-state index in [1.54, 1.807) is 6.92 Å². The molecule has 4 nitrogen and oxygen atoms in total. The van der Waals surface area contributed by atoms with Gasteiger partial charge in [0.25, 0.3) is 0 Å². The quantitative estimate of drug-likeness (QED) is 0.867. The number of carbonyl (C=O) groups is 1. The minimum atomic E-state index is -1.03. The second-order valence-electron chi connectivity index (χ2n) is 6.61. The Morgan fingerprint density at radius 3 is 2.30 bits per heavy atom. The standard InChI is InChI=1S/C16H26N2O2/c1-11-10-12(15(2,3)4)6-7-13(11)20-9-8-16(5,18)14(17)19/h6-7,10H,8-9,18H2,1-5H3,(H2,17,19). The summed E-state index contributed by atoms with van der Waals surface area (Å²) in [6.07, 6.45) is 0.392. The van der Waals surface area contributed by atoms with E-state index in [2.05, 4.69) is 32.9 Å². The third kappa shape index (κ3) is 4.23. The lowest BCUT2D eigenvalue weighted by Crippen LogP contribution is -2.50. The van der Waals surface area contributed by atoms with Crippen LogP contribution in [0.2, 0.25) is 0 Å². The summed E-state index contributed by atoms with van der Waals surface area (Å²) in [5, 5.41) is 0. The van der Waals surface area contributed by atoms with Crippen molar-refractivity contribution < 1.29 is 9.53 Å². The number of hydrogen-bond acceptors (Lipinski definition) is 3. The molecule has 0 saturated heterocycles. The fourth-order valence-corrected chi connectivity index (χ4v) is 1.77. The van der Waals surface area contributed by atoms with Crippen LogP contribution in [0.3, 0.4) is 0 Å². The maximum Gasteiger partial charge on any atom is 0.237 e. The van der Waals surface area contributed by atoms with Gasteiger partial charge < -0.3 is 16.2 Å². The molecule has 0 fully saturated rings. The monoisotopic (exact) mass is 278 g/mol. The van der Waals surface area contributed by atoms with Crippen molar-refractivity contribution in [2.24, 2.45) is 11.5 Å². The molecular formula is C16H26N2O2. The van der Waals surface area contributed by atoms with Crippen molar-refractivity contribution in [3.8, 4) is 5.75 Å². The van der Waals surface area contributed by atoms with Crippen molar-refractivity contribution in [1.29, 1.82) is 0 Å². The van der Waals surface area contributed by atoms with Gasteiger partial charge in [-0.2, -0.15) is 0 Å². The van der Waals surface area contributed by atoms with Crippen LogP contribution in [0.4, 0.5) is 0 Å². The number of benzene rings is 1. The van der Waals surface area contributed by atoms with Crippen molar-refractivity contribution in [2.75, 3.05) is 6.61 Å². The first-order chi connectivity index (χ1) is 9.04. The second-order valence-corrected chi connectivity index (χ2v) is 6.61. The number of carbonyl (C=O) groups excluding carboxylic acids is 1. The summed E-state index contributed by atoms with van der Waals surface area (Å²) < 4.78 is 5.70. The molecule has 1 rings (SSSR count). The van der Waals surface area contributed by atoms with E-state index < -0.39 is 11.4 Å². The van der Waals surface area contributed by atoms with E-state index in [9.17, 15) is 4.79 Å². The van der Waals surface area contributed by atoms with Crippen molar-refractivity contribution in [3.05, 3.63) is 29.3 Å². The molecule has 1 aromatic rings. The molecule has 1 amide bonds. The fourth-order valence-electron chi connectivity index (χ4n) is 1.77. The normalized spacial score (nSPS) is 14.7. The molecule has 0 saturated carbocycles. The Balaban J connectivity index is 2.69. The van der Waals surface area contributed by atoms with Gasteiger partial charge in [0.15, 0.2) is 0 Å². The Morgan fingerprint density at radius 2 is 1.85 bits per heavy atom. The van der Waals surface area contributed by atoms with Gasteiger partial charge in [-0.05, 0) is 36.5 Å². The summed E-state index contributed by atoms with van der Waals surface area (Å²) in [6, 6.07) is 6.16. The van der Waals surface area contributed by atoms with E-state index in [4.69, 9.17) is 16.2 Å². The SMILES string of the molecule is Cc1cc(C(C)(C)C)ccc1OCCC(C)(N)C(N)=O. The Kier molecular flexibility index (Phi) is 4.81. The van der Waals surface area contributed by atoms with E-state index in [1.165, 1.54) is 5.56 Å². The number of hydrogen-bond donors (Lipinski definition) is 2. The summed E-state index contributed by atoms with van der Waals surface area (Å²) in [4.78, 5) is 11.1. The zero-order chi connectivity index (χ0) is 15.6. The lowest BCUT2D eigenvalue weighted by Gasteiger charge is -2.22. The van der Waals surface area contributed by atoms with Gasteiger partial charge in [-0.1, -0.05) is 32.9 Å². The first kappa shape index (κ1) is 16.5. The molecule has 0 aromatic heterocycles. The summed E-state index contributed by atoms with van der Waals surface area (Å²) in [6.45, 7) is 10.5. The molecule has 0 radical (unpaired) electrons. The van der Waals surface area contributed by atoms with Crippen molar-refractivity contribution in [1.82, 2.24) is 0 Å². The number of aryl methyl sites for hydroxylation is 1. The average Bonchev–Trinajstić information content (AvgIpc) is 2.29. The Labute approximate surface area is 121 Å². The van der Waals surface area contributed by atoms with E-state index >= 15 is 0 Å². The highest BCUT2D eigenvalue weighted by atomic mass is 16.5. The zero-order valence-corrected chi connectivity index (χ0v) is 13.1. The third-order valence-electron chi connectivity index (χ3n) is 3.48. The molecule has 0 aliphatic heterocycles. The molecular weight excluding hydrogens is 252 g/mol. The van der Waals surface area contributed by atoms with Crippen LogP contribution in [0.15, 0.2) is 18.2 Å². The maximum atomic E-state index is 11.1. The van der Waals surface area contributed by atoms with Gasteiger partial charge in [-0.25, -0.2) is 0 Å². The highest BCUT2D eigenvalue weighted by molar-refractivity contribution is 5.83. The van der Waals surface area contributed by atoms with E-state index in [1.807, 2.05) is 13.0 Å². The summed E-state index contributed by atoms with van der Waals surface area (Å²) >= 11 is 0. The number of primary amides is 1. The maximum absolute atomic E-state index is 11.1. The number of ether oxygens (including phenoxy) is 1. The molecule has 0 bridgehead atoms. The van der Waals surface area contributed by atoms with Gasteiger partial charge >= 0.3 is 0 Å². The molecule has 1 atom stereocenters. The molecule has 1 unspecified atom stereocenters. The van der Waals surface area contributed by atoms with Crippen LogP contribution in [-0.2, 0) is 10.2 Å². The predicted molar refractivity (Wildman–Crippen MR) is 81.8 cm³/mol. The minimum Gasteiger partial charge on any atom is -0.493 e. The van der Waals surface area contributed by atoms with Crippen LogP contribution in [-0.4, -0.2) is 18.1 Å². The molecule has 0 spiro atoms. The van der Waals surface area contributed by atoms with Crippen LogP contribution in [0.5, 0.6) is 5.75 Å². The first-order valence-corrected chi connectivity index (χ1v) is 6.87. The largest absolute Gasteiger partial charge is 0.493 e. The van der Waals surface area contributed by atoms with Crippen molar-refractivity contribution >= 4 is 5.91 Å². The van der Waals surface area contributed by atoms with Crippen molar-refractivity contribution in [3.63, 3.8) is 0 Å². The van der Waals surface area contributed by atoms with E-state index in [0.29, 0.717) is 13.0 Å². The minimum absolute atomic E-state index is 0.116. The van der Waals surface area contributed by atoms with Gasteiger partial charge in [0.05, 0.1) is 12.1 Å². The third-order valence-corrected chi connectivity index (χ3v) is 3.48. The van der Waals surface area contributed by atoms with Crippen LogP contribution >= 0.6 is 0 Å². The second kappa shape index (κ2) is 5.83. The average molecular weight is 278 g/mol. The molecule has 0 heterocycles. The van der Waals surface area contributed by atoms with E-state index in [0.717, 1.165) is 11.3 Å². The van der Waals surface area contributed by atoms with Crippen LogP contribution in [0, 0.1) is 6.92 Å². The molecule has 112 valence electrons. The summed E-state index contributed by atoms with van der Waals surface area (Å²) in [5.41, 5.74) is 12.4. The first-order valence-electron chi connectivity index (χ1n) is 6.87. The van der Waals surface area contributed by atoms with Gasteiger partial charge in [-0.15, -0.1) is 0 Å². The van der Waals surface area contributed by atoms with Gasteiger partial charge in [0.1, 0.15) is 5.75 Å². The Hall–Kier alpha value is -1.55. The molecule has 0 aliphatic carbocycles. The topological polar surface area (TPSA) is 78.3 Å². The number of amides is 1. The highest BCUT2D eigenvalue weighted by Crippen LogP contribution is 2.27. The van der Waals surface area contributed by atoms with Crippen LogP contribution < -0.4 is 16.2 Å². The van der Waals surface area contributed by atoms with E-state index in [-0.39, 0.29) is 5.41 Å². The lowest BCUT2D eigenvalue weighted by molar-refractivity contribution is -0.123. The van der Waals surface area contributed by atoms with Gasteiger partial charge in [0, 0.05) is 6.42 Å². The lowest BCUT2D eigenvalue weighted by atomic mass is 9.86. The summed E-state index contributed by atoms with van der Waals surface area (Å²) in [5.74, 6) is 0.305. The molecule has 4 N–H and O–H groups in total. The fraction of sp³-hybridized carbons (Fsp3) is 0.562. The highest BCUT2D eigenvalue weighted by Gasteiger charge is 2.25. The van der Waals surface area contributed by atoms with Crippen molar-refractivity contribution in [2.45, 2.75) is 52.0 Å². The van der Waals surface area contributed by atoms with Gasteiger partial charge in [-0.3, -0.25) is 4.79 Å². The Morgan fingerprint density at radius 1 is 1.25 bits per heavy atom. The molecule has 0 aliphatic rings. The van der Waals surface area contributed by atoms with Crippen LogP contribution in [0.1, 0.15) is 45.2 Å². The van der Waals surface area contributed by atoms with Gasteiger partial charge in [0.2, 0.25) is 5.91 Å². The molecule has 1 aromatic carbocycles. The molecule has 4 heteroatoms. The molecule has 20 heavy (non-hydrogen) atoms. The Bertz CT molecular complexity index is 488. The smallest absolute Gasteiger partial charge is 0.237 e.